The van der Waals surface area contributed by atoms with Crippen LogP contribution >= 0.6 is 0 Å². The number of benzene rings is 1. The molecule has 0 aliphatic heterocycles. The Hall–Kier alpha value is -1.26. The molecule has 0 fully saturated rings. The van der Waals surface area contributed by atoms with E-state index in [1.165, 1.54) is 0 Å². The minimum absolute atomic E-state index is 0.644. The molecule has 0 bridgehead atoms. The van der Waals surface area contributed by atoms with Gasteiger partial charge in [-0.3, -0.25) is 0 Å². The van der Waals surface area contributed by atoms with Crippen molar-refractivity contribution in [2.75, 3.05) is 52.0 Å². The summed E-state index contributed by atoms with van der Waals surface area (Å²) in [6.45, 7) is 9.94. The average molecular weight is 283 g/mol. The standard InChI is InChI=1S/C14H23NO3.C2H6/c1-4-15(8-9-18-11-10-16-2)13-6-5-7-14(12-13)17-3;1-2/h5-7,12H,4,8-11H2,1-3H3;1-2H3. The molecule has 4 nitrogen and oxygen atoms in total. The van der Waals surface area contributed by atoms with E-state index >= 15 is 0 Å². The van der Waals surface area contributed by atoms with Gasteiger partial charge in [-0.05, 0) is 19.1 Å². The summed E-state index contributed by atoms with van der Waals surface area (Å²) >= 11 is 0. The maximum absolute atomic E-state index is 5.49. The first-order valence-corrected chi connectivity index (χ1v) is 7.27. The molecule has 0 N–H and O–H groups in total. The van der Waals surface area contributed by atoms with E-state index in [1.807, 2.05) is 32.0 Å². The van der Waals surface area contributed by atoms with Gasteiger partial charge < -0.3 is 19.1 Å². The van der Waals surface area contributed by atoms with Crippen LogP contribution < -0.4 is 9.64 Å². The highest BCUT2D eigenvalue weighted by atomic mass is 16.5. The zero-order valence-electron chi connectivity index (χ0n) is 13.5. The first-order chi connectivity index (χ1) is 9.81. The Bertz CT molecular complexity index is 331. The van der Waals surface area contributed by atoms with Crippen LogP contribution in [0.1, 0.15) is 20.8 Å². The summed E-state index contributed by atoms with van der Waals surface area (Å²) in [7, 11) is 3.36. The summed E-state index contributed by atoms with van der Waals surface area (Å²) in [5.74, 6) is 0.881. The highest BCUT2D eigenvalue weighted by Crippen LogP contribution is 2.20. The van der Waals surface area contributed by atoms with E-state index in [4.69, 9.17) is 14.2 Å². The van der Waals surface area contributed by atoms with E-state index in [0.29, 0.717) is 19.8 Å². The molecule has 0 saturated heterocycles. The first-order valence-electron chi connectivity index (χ1n) is 7.27. The van der Waals surface area contributed by atoms with E-state index in [-0.39, 0.29) is 0 Å². The zero-order valence-corrected chi connectivity index (χ0v) is 13.5. The summed E-state index contributed by atoms with van der Waals surface area (Å²) in [6.07, 6.45) is 0. The molecule has 0 aliphatic rings. The molecule has 0 amide bonds. The van der Waals surface area contributed by atoms with Crippen molar-refractivity contribution in [2.45, 2.75) is 20.8 Å². The van der Waals surface area contributed by atoms with Crippen LogP contribution in [0.15, 0.2) is 24.3 Å². The topological polar surface area (TPSA) is 30.9 Å². The second-order valence-corrected chi connectivity index (χ2v) is 3.89. The van der Waals surface area contributed by atoms with Crippen molar-refractivity contribution in [3.05, 3.63) is 24.3 Å². The molecular weight excluding hydrogens is 254 g/mol. The van der Waals surface area contributed by atoms with Crippen LogP contribution in [0.25, 0.3) is 0 Å². The molecule has 0 radical (unpaired) electrons. The molecule has 0 aromatic heterocycles. The number of ether oxygens (including phenoxy) is 3. The lowest BCUT2D eigenvalue weighted by Gasteiger charge is -2.23. The molecule has 0 unspecified atom stereocenters. The average Bonchev–Trinajstić information content (AvgIpc) is 2.53. The van der Waals surface area contributed by atoms with E-state index in [0.717, 1.165) is 24.5 Å². The lowest BCUT2D eigenvalue weighted by atomic mass is 10.2. The van der Waals surface area contributed by atoms with Crippen LogP contribution in [-0.4, -0.2) is 47.1 Å². The van der Waals surface area contributed by atoms with Gasteiger partial charge in [0.15, 0.2) is 0 Å². The minimum Gasteiger partial charge on any atom is -0.497 e. The Morgan fingerprint density at radius 1 is 1.05 bits per heavy atom. The number of anilines is 1. The van der Waals surface area contributed by atoms with Crippen molar-refractivity contribution in [3.8, 4) is 5.75 Å². The van der Waals surface area contributed by atoms with Gasteiger partial charge in [0, 0.05) is 32.0 Å². The molecule has 4 heteroatoms. The van der Waals surface area contributed by atoms with Gasteiger partial charge in [-0.1, -0.05) is 19.9 Å². The van der Waals surface area contributed by atoms with Gasteiger partial charge in [0.05, 0.1) is 26.9 Å². The molecule has 0 heterocycles. The quantitative estimate of drug-likeness (QED) is 0.651. The van der Waals surface area contributed by atoms with Gasteiger partial charge in [-0.25, -0.2) is 0 Å². The number of likely N-dealkylation sites (N-methyl/N-ethyl adjacent to an activating group) is 1. The number of hydrogen-bond acceptors (Lipinski definition) is 4. The van der Waals surface area contributed by atoms with Gasteiger partial charge in [-0.15, -0.1) is 0 Å². The number of hydrogen-bond donors (Lipinski definition) is 0. The van der Waals surface area contributed by atoms with E-state index in [1.54, 1.807) is 14.2 Å². The molecule has 20 heavy (non-hydrogen) atoms. The van der Waals surface area contributed by atoms with Crippen molar-refractivity contribution >= 4 is 5.69 Å². The van der Waals surface area contributed by atoms with Gasteiger partial charge >= 0.3 is 0 Å². The summed E-state index contributed by atoms with van der Waals surface area (Å²) in [6, 6.07) is 8.08. The normalized spacial score (nSPS) is 9.65. The summed E-state index contributed by atoms with van der Waals surface area (Å²) < 4.78 is 15.7. The summed E-state index contributed by atoms with van der Waals surface area (Å²) in [5.41, 5.74) is 1.16. The molecular formula is C16H29NO3. The molecule has 0 atom stereocenters. The Morgan fingerprint density at radius 2 is 1.80 bits per heavy atom. The van der Waals surface area contributed by atoms with Crippen LogP contribution in [-0.2, 0) is 9.47 Å². The van der Waals surface area contributed by atoms with E-state index in [9.17, 15) is 0 Å². The molecule has 1 aromatic rings. The fraction of sp³-hybridized carbons (Fsp3) is 0.625. The molecule has 0 spiro atoms. The third-order valence-corrected chi connectivity index (χ3v) is 2.74. The predicted molar refractivity (Wildman–Crippen MR) is 84.9 cm³/mol. The van der Waals surface area contributed by atoms with Gasteiger partial charge in [-0.2, -0.15) is 0 Å². The van der Waals surface area contributed by atoms with Crippen molar-refractivity contribution in [3.63, 3.8) is 0 Å². The maximum atomic E-state index is 5.49. The lowest BCUT2D eigenvalue weighted by Crippen LogP contribution is -2.27. The second-order valence-electron chi connectivity index (χ2n) is 3.89. The van der Waals surface area contributed by atoms with E-state index < -0.39 is 0 Å². The molecule has 0 aliphatic carbocycles. The Morgan fingerprint density at radius 3 is 2.40 bits per heavy atom. The van der Waals surface area contributed by atoms with Crippen molar-refractivity contribution in [1.82, 2.24) is 0 Å². The fourth-order valence-electron chi connectivity index (χ4n) is 1.70. The van der Waals surface area contributed by atoms with E-state index in [2.05, 4.69) is 17.9 Å². The van der Waals surface area contributed by atoms with Crippen molar-refractivity contribution in [1.29, 1.82) is 0 Å². The monoisotopic (exact) mass is 283 g/mol. The Labute approximate surface area is 123 Å². The van der Waals surface area contributed by atoms with Crippen molar-refractivity contribution in [2.24, 2.45) is 0 Å². The van der Waals surface area contributed by atoms with Gasteiger partial charge in [0.25, 0.3) is 0 Å². The summed E-state index contributed by atoms with van der Waals surface area (Å²) in [4.78, 5) is 2.26. The van der Waals surface area contributed by atoms with Gasteiger partial charge in [0.2, 0.25) is 0 Å². The molecule has 0 saturated carbocycles. The highest BCUT2D eigenvalue weighted by Gasteiger charge is 2.05. The molecule has 116 valence electrons. The largest absolute Gasteiger partial charge is 0.497 e. The Kier molecular flexibility index (Phi) is 12.0. The smallest absolute Gasteiger partial charge is 0.120 e. The first kappa shape index (κ1) is 18.7. The molecule has 1 aromatic carbocycles. The number of nitrogens with zero attached hydrogens (tertiary/aromatic N) is 1. The second kappa shape index (κ2) is 12.8. The Balaban J connectivity index is 0.00000172. The van der Waals surface area contributed by atoms with Crippen LogP contribution in [0.4, 0.5) is 5.69 Å². The third kappa shape index (κ3) is 7.36. The maximum Gasteiger partial charge on any atom is 0.120 e. The summed E-state index contributed by atoms with van der Waals surface area (Å²) in [5, 5.41) is 0. The number of rotatable bonds is 9. The lowest BCUT2D eigenvalue weighted by molar-refractivity contribution is 0.0741. The molecule has 1 rings (SSSR count). The minimum atomic E-state index is 0.644. The third-order valence-electron chi connectivity index (χ3n) is 2.74. The van der Waals surface area contributed by atoms with Crippen LogP contribution in [0.5, 0.6) is 5.75 Å². The predicted octanol–water partition coefficient (Wildman–Crippen LogP) is 3.21. The van der Waals surface area contributed by atoms with Crippen molar-refractivity contribution < 1.29 is 14.2 Å². The SMILES string of the molecule is CC.CCN(CCOCCOC)c1cccc(OC)c1. The van der Waals surface area contributed by atoms with Gasteiger partial charge in [0.1, 0.15) is 5.75 Å². The van der Waals surface area contributed by atoms with Crippen LogP contribution in [0.3, 0.4) is 0 Å². The van der Waals surface area contributed by atoms with Crippen LogP contribution in [0, 0.1) is 0 Å². The number of methoxy groups -OCH3 is 2. The fourth-order valence-corrected chi connectivity index (χ4v) is 1.70. The highest BCUT2D eigenvalue weighted by molar-refractivity contribution is 5.50. The zero-order chi connectivity index (χ0) is 15.2. The van der Waals surface area contributed by atoms with Crippen LogP contribution in [0.2, 0.25) is 0 Å².